The summed E-state index contributed by atoms with van der Waals surface area (Å²) in [6, 6.07) is 64.1. The molecule has 0 saturated carbocycles. The summed E-state index contributed by atoms with van der Waals surface area (Å²) >= 11 is 0. The Morgan fingerprint density at radius 1 is 0.661 bits per heavy atom. The summed E-state index contributed by atoms with van der Waals surface area (Å²) in [4.78, 5) is 9.84. The van der Waals surface area contributed by atoms with Crippen molar-refractivity contribution in [2.75, 3.05) is 0 Å². The zero-order chi connectivity index (χ0) is 42.3. The van der Waals surface area contributed by atoms with Gasteiger partial charge in [-0.2, -0.15) is 0 Å². The average Bonchev–Trinajstić information content (AvgIpc) is 3.85. The zero-order valence-corrected chi connectivity index (χ0v) is 39.6. The predicted molar refractivity (Wildman–Crippen MR) is 258 cm³/mol. The average molecular weight is 1000 g/mol. The van der Waals surface area contributed by atoms with Crippen molar-refractivity contribution in [3.05, 3.63) is 193 Å². The summed E-state index contributed by atoms with van der Waals surface area (Å²) in [7, 11) is -1.24. The third-order valence-corrected chi connectivity index (χ3v) is 13.4. The van der Waals surface area contributed by atoms with Gasteiger partial charge in [0, 0.05) is 42.8 Å². The molecule has 1 radical (unpaired) electrons. The molecule has 10 rings (SSSR count). The zero-order valence-electron chi connectivity index (χ0n) is 36.2. The minimum Gasteiger partial charge on any atom is -0.501 e. The van der Waals surface area contributed by atoms with Crippen molar-refractivity contribution < 1.29 is 24.5 Å². The largest absolute Gasteiger partial charge is 0.501 e. The Bertz CT molecular complexity index is 3080. The number of aromatic nitrogens is 3. The van der Waals surface area contributed by atoms with Crippen molar-refractivity contribution in [1.82, 2.24) is 14.5 Å². The van der Waals surface area contributed by atoms with Crippen LogP contribution in [0, 0.1) is 19.1 Å². The fourth-order valence-corrected chi connectivity index (χ4v) is 8.95. The number of rotatable bonds is 6. The van der Waals surface area contributed by atoms with Crippen LogP contribution in [-0.4, -0.2) is 22.6 Å². The Morgan fingerprint density at radius 2 is 1.31 bits per heavy atom. The molecular formula is C56H49IrN3OSi-2. The predicted octanol–water partition coefficient (Wildman–Crippen LogP) is 14.4. The topological polar surface area (TPSA) is 43.9 Å². The van der Waals surface area contributed by atoms with Crippen LogP contribution in [0.5, 0.6) is 0 Å². The van der Waals surface area contributed by atoms with Crippen LogP contribution in [0.4, 0.5) is 0 Å². The Kier molecular flexibility index (Phi) is 11.9. The fraction of sp³-hybridized carbons (Fsp3) is 0.143. The van der Waals surface area contributed by atoms with E-state index in [1.807, 2.05) is 36.5 Å². The number of fused-ring (bicyclic) bond motifs is 4. The molecule has 0 aliphatic heterocycles. The molecule has 10 aromatic rings. The summed E-state index contributed by atoms with van der Waals surface area (Å²) < 4.78 is 8.86. The minimum absolute atomic E-state index is 0. The summed E-state index contributed by atoms with van der Waals surface area (Å²) in [6.07, 6.45) is 2.02. The molecule has 0 aliphatic rings. The van der Waals surface area contributed by atoms with Crippen LogP contribution >= 0.6 is 0 Å². The van der Waals surface area contributed by atoms with Crippen molar-refractivity contribution >= 4 is 46.2 Å². The van der Waals surface area contributed by atoms with Gasteiger partial charge in [0.2, 0.25) is 0 Å². The van der Waals surface area contributed by atoms with Crippen LogP contribution in [0.1, 0.15) is 31.9 Å². The minimum atomic E-state index is -1.24. The number of hydrogen-bond donors (Lipinski definition) is 0. The van der Waals surface area contributed by atoms with Gasteiger partial charge in [-0.05, 0) is 63.3 Å². The Hall–Kier alpha value is -6.17. The molecule has 3 aromatic heterocycles. The van der Waals surface area contributed by atoms with E-state index >= 15 is 0 Å². The second kappa shape index (κ2) is 17.3. The maximum atomic E-state index is 6.53. The molecule has 0 bridgehead atoms. The number of nitrogens with zero attached hydrogens (tertiary/aromatic N) is 3. The van der Waals surface area contributed by atoms with Crippen molar-refractivity contribution in [3.8, 4) is 50.6 Å². The number of hydrogen-bond acceptors (Lipinski definition) is 3. The van der Waals surface area contributed by atoms with Crippen molar-refractivity contribution in [1.29, 1.82) is 0 Å². The van der Waals surface area contributed by atoms with E-state index in [4.69, 9.17) is 9.40 Å². The summed E-state index contributed by atoms with van der Waals surface area (Å²) in [5.74, 6) is 0.800. The van der Waals surface area contributed by atoms with E-state index < -0.39 is 8.07 Å². The summed E-state index contributed by atoms with van der Waals surface area (Å²) in [5, 5.41) is 3.54. The molecule has 0 spiro atoms. The normalized spacial score (nSPS) is 11.7. The SMILES string of the molecule is CC(C)(C)c1cc(-c2ccccc2)c(-n2c(-c3[c-]ccc4c3oc3ccccc34)nc3ccccc32)c(-c2ccccc2)c1.Cc1c[c-]c(-c2ccc([Si](C)(C)C)cn2)cc1.[Ir]. The molecule has 6 heteroatoms. The molecule has 0 aliphatic carbocycles. The Balaban J connectivity index is 0.000000248. The first-order valence-electron chi connectivity index (χ1n) is 21.0. The Morgan fingerprint density at radius 3 is 1.92 bits per heavy atom. The maximum absolute atomic E-state index is 6.53. The van der Waals surface area contributed by atoms with E-state index in [9.17, 15) is 0 Å². The molecule has 0 atom stereocenters. The molecule has 62 heavy (non-hydrogen) atoms. The number of pyridine rings is 1. The van der Waals surface area contributed by atoms with E-state index in [-0.39, 0.29) is 25.5 Å². The number of aryl methyl sites for hydroxylation is 1. The van der Waals surface area contributed by atoms with E-state index in [0.717, 1.165) is 83.6 Å². The van der Waals surface area contributed by atoms with Crippen LogP contribution in [0.3, 0.4) is 0 Å². The monoisotopic (exact) mass is 1000 g/mol. The van der Waals surface area contributed by atoms with Gasteiger partial charge in [-0.3, -0.25) is 4.98 Å². The first kappa shape index (κ1) is 42.5. The third-order valence-electron chi connectivity index (χ3n) is 11.4. The molecule has 0 fully saturated rings. The molecule has 4 nitrogen and oxygen atoms in total. The van der Waals surface area contributed by atoms with Gasteiger partial charge in [0.15, 0.2) is 0 Å². The quantitative estimate of drug-likeness (QED) is 0.123. The van der Waals surface area contributed by atoms with E-state index in [1.165, 1.54) is 16.3 Å². The van der Waals surface area contributed by atoms with E-state index in [0.29, 0.717) is 0 Å². The van der Waals surface area contributed by atoms with Gasteiger partial charge < -0.3 is 14.0 Å². The van der Waals surface area contributed by atoms with Gasteiger partial charge in [0.05, 0.1) is 36.2 Å². The number of benzene rings is 7. The molecule has 7 aromatic carbocycles. The van der Waals surface area contributed by atoms with Crippen LogP contribution in [0.2, 0.25) is 19.6 Å². The van der Waals surface area contributed by atoms with Crippen molar-refractivity contribution in [2.45, 2.75) is 52.8 Å². The molecule has 0 unspecified atom stereocenters. The Labute approximate surface area is 379 Å². The maximum Gasteiger partial charge on any atom is 0.120 e. The summed E-state index contributed by atoms with van der Waals surface area (Å²) in [6.45, 7) is 15.9. The van der Waals surface area contributed by atoms with Crippen LogP contribution in [-0.2, 0) is 25.5 Å². The molecular weight excluding hydrogens is 951 g/mol. The first-order chi connectivity index (χ1) is 29.4. The fourth-order valence-electron chi connectivity index (χ4n) is 7.92. The molecule has 309 valence electrons. The van der Waals surface area contributed by atoms with E-state index in [1.54, 1.807) is 0 Å². The molecule has 0 saturated heterocycles. The molecule has 0 amide bonds. The summed E-state index contributed by atoms with van der Waals surface area (Å²) in [5.41, 5.74) is 14.6. The van der Waals surface area contributed by atoms with Crippen molar-refractivity contribution in [2.24, 2.45) is 0 Å². The van der Waals surface area contributed by atoms with Crippen LogP contribution < -0.4 is 5.19 Å². The van der Waals surface area contributed by atoms with Gasteiger partial charge in [0.1, 0.15) is 5.58 Å². The number of imidazole rings is 1. The van der Waals surface area contributed by atoms with Crippen LogP contribution in [0.15, 0.2) is 174 Å². The molecule has 0 N–H and O–H groups in total. The van der Waals surface area contributed by atoms with Gasteiger partial charge >= 0.3 is 0 Å². The number of para-hydroxylation sites is 3. The van der Waals surface area contributed by atoms with Gasteiger partial charge in [-0.1, -0.05) is 161 Å². The smallest absolute Gasteiger partial charge is 0.120 e. The van der Waals surface area contributed by atoms with Crippen LogP contribution in [0.25, 0.3) is 83.6 Å². The van der Waals surface area contributed by atoms with Gasteiger partial charge in [-0.15, -0.1) is 53.6 Å². The third kappa shape index (κ3) is 8.39. The second-order valence-corrected chi connectivity index (χ2v) is 22.9. The van der Waals surface area contributed by atoms with Gasteiger partial charge in [0.25, 0.3) is 0 Å². The standard InChI is InChI=1S/C41H31N2O.C15H18NSi.Ir/c1-41(2,3)29-25-33(27-15-6-4-7-16-27)38(34(26-29)28-17-8-5-9-18-28)43-36-23-12-11-22-35(36)42-40(43)32-21-14-20-31-30-19-10-13-24-37(30)44-39(31)32;1-12-5-7-13(8-6-12)15-10-9-14(11-16-15)17(2,3)4;/h4-20,22-26H,1-3H3;5-7,9-11H,1-4H3;/q2*-1;. The second-order valence-electron chi connectivity index (χ2n) is 17.8. The first-order valence-corrected chi connectivity index (χ1v) is 24.5. The number of furan rings is 1. The van der Waals surface area contributed by atoms with Gasteiger partial charge in [-0.25, -0.2) is 0 Å². The molecule has 3 heterocycles. The van der Waals surface area contributed by atoms with E-state index in [2.05, 4.69) is 202 Å². The van der Waals surface area contributed by atoms with Crippen molar-refractivity contribution in [3.63, 3.8) is 0 Å².